The highest BCUT2D eigenvalue weighted by molar-refractivity contribution is 5.51. The molecule has 0 aliphatic carbocycles. The number of nitrogens with zero attached hydrogens (tertiary/aromatic N) is 1. The second-order valence-electron chi connectivity index (χ2n) is 4.13. The van der Waals surface area contributed by atoms with Crippen molar-refractivity contribution in [1.82, 2.24) is 10.3 Å². The molecule has 0 bridgehead atoms. The van der Waals surface area contributed by atoms with E-state index in [0.717, 1.165) is 23.6 Å². The molecule has 0 atom stereocenters. The topological polar surface area (TPSA) is 51.2 Å². The van der Waals surface area contributed by atoms with E-state index in [9.17, 15) is 0 Å². The van der Waals surface area contributed by atoms with Gasteiger partial charge in [-0.2, -0.15) is 0 Å². The maximum atomic E-state index is 5.39. The number of aromatic nitrogens is 1. The Hall–Kier alpha value is -1.55. The molecular formula is C12H16N2O2. The highest BCUT2D eigenvalue weighted by Gasteiger charge is 2.09. The van der Waals surface area contributed by atoms with Gasteiger partial charge in [0.25, 0.3) is 0 Å². The Morgan fingerprint density at radius 2 is 2.12 bits per heavy atom. The van der Waals surface area contributed by atoms with E-state index in [1.807, 2.05) is 13.0 Å². The van der Waals surface area contributed by atoms with Gasteiger partial charge >= 0.3 is 0 Å². The second kappa shape index (κ2) is 4.53. The van der Waals surface area contributed by atoms with Crippen molar-refractivity contribution < 1.29 is 8.83 Å². The lowest BCUT2D eigenvalue weighted by atomic mass is 10.3. The molecule has 86 valence electrons. The molecule has 2 heterocycles. The third kappa shape index (κ3) is 2.52. The van der Waals surface area contributed by atoms with Gasteiger partial charge in [-0.3, -0.25) is 0 Å². The normalized spacial score (nSPS) is 11.2. The van der Waals surface area contributed by atoms with Gasteiger partial charge in [-0.05, 0) is 13.0 Å². The lowest BCUT2D eigenvalue weighted by molar-refractivity contribution is 0.531. The van der Waals surface area contributed by atoms with Crippen molar-refractivity contribution in [2.75, 3.05) is 0 Å². The van der Waals surface area contributed by atoms with E-state index in [-0.39, 0.29) is 0 Å². The molecule has 0 fully saturated rings. The average Bonchev–Trinajstić information content (AvgIpc) is 2.83. The van der Waals surface area contributed by atoms with Gasteiger partial charge in [0.1, 0.15) is 18.3 Å². The first-order valence-corrected chi connectivity index (χ1v) is 5.38. The number of rotatable bonds is 4. The number of aryl methyl sites for hydroxylation is 1. The van der Waals surface area contributed by atoms with Crippen LogP contribution in [0.5, 0.6) is 0 Å². The van der Waals surface area contributed by atoms with E-state index in [4.69, 9.17) is 8.83 Å². The van der Waals surface area contributed by atoms with Gasteiger partial charge in [0, 0.05) is 12.6 Å². The molecule has 2 aromatic heterocycles. The predicted molar refractivity (Wildman–Crippen MR) is 60.9 cm³/mol. The maximum absolute atomic E-state index is 5.39. The van der Waals surface area contributed by atoms with Crippen LogP contribution in [0, 0.1) is 6.92 Å². The molecular weight excluding hydrogens is 204 g/mol. The molecule has 0 amide bonds. The highest BCUT2D eigenvalue weighted by Crippen LogP contribution is 2.20. The largest absolute Gasteiger partial charge is 0.469 e. The molecule has 0 spiro atoms. The Bertz CT molecular complexity index is 457. The number of hydrogen-bond donors (Lipinski definition) is 1. The zero-order valence-electron chi connectivity index (χ0n) is 9.78. The lowest BCUT2D eigenvalue weighted by Crippen LogP contribution is -2.21. The zero-order chi connectivity index (χ0) is 11.5. The standard InChI is InChI=1S/C12H16N2O2/c1-8(2)13-5-11-7-16-12(14-11)10-4-9(3)15-6-10/h4,6-8,13H,5H2,1-3H3. The van der Waals surface area contributed by atoms with Crippen molar-refractivity contribution in [3.63, 3.8) is 0 Å². The Balaban J connectivity index is 2.07. The summed E-state index contributed by atoms with van der Waals surface area (Å²) in [5, 5.41) is 3.29. The Morgan fingerprint density at radius 3 is 2.75 bits per heavy atom. The molecule has 0 aromatic carbocycles. The molecule has 1 N–H and O–H groups in total. The smallest absolute Gasteiger partial charge is 0.229 e. The van der Waals surface area contributed by atoms with Crippen molar-refractivity contribution in [3.8, 4) is 11.5 Å². The van der Waals surface area contributed by atoms with Crippen molar-refractivity contribution in [1.29, 1.82) is 0 Å². The molecule has 0 aliphatic rings. The van der Waals surface area contributed by atoms with Gasteiger partial charge in [-0.1, -0.05) is 13.8 Å². The summed E-state index contributed by atoms with van der Waals surface area (Å²) < 4.78 is 10.6. The zero-order valence-corrected chi connectivity index (χ0v) is 9.78. The van der Waals surface area contributed by atoms with Gasteiger partial charge in [-0.15, -0.1) is 0 Å². The molecule has 2 rings (SSSR count). The van der Waals surface area contributed by atoms with E-state index < -0.39 is 0 Å². The maximum Gasteiger partial charge on any atom is 0.229 e. The molecule has 4 heteroatoms. The first-order valence-electron chi connectivity index (χ1n) is 5.38. The second-order valence-corrected chi connectivity index (χ2v) is 4.13. The van der Waals surface area contributed by atoms with Gasteiger partial charge in [-0.25, -0.2) is 4.98 Å². The third-order valence-corrected chi connectivity index (χ3v) is 2.22. The summed E-state index contributed by atoms with van der Waals surface area (Å²) in [7, 11) is 0. The van der Waals surface area contributed by atoms with Gasteiger partial charge < -0.3 is 14.2 Å². The first kappa shape index (κ1) is 11.0. The van der Waals surface area contributed by atoms with E-state index in [1.54, 1.807) is 12.5 Å². The van der Waals surface area contributed by atoms with Crippen LogP contribution in [0.1, 0.15) is 25.3 Å². The molecule has 0 saturated heterocycles. The molecule has 2 aromatic rings. The summed E-state index contributed by atoms with van der Waals surface area (Å²) in [5.74, 6) is 1.47. The van der Waals surface area contributed by atoms with Crippen LogP contribution in [-0.4, -0.2) is 11.0 Å². The van der Waals surface area contributed by atoms with Crippen molar-refractivity contribution in [3.05, 3.63) is 30.0 Å². The third-order valence-electron chi connectivity index (χ3n) is 2.22. The summed E-state index contributed by atoms with van der Waals surface area (Å²) >= 11 is 0. The number of furan rings is 1. The van der Waals surface area contributed by atoms with Crippen LogP contribution in [0.15, 0.2) is 27.4 Å². The summed E-state index contributed by atoms with van der Waals surface area (Å²) in [5.41, 5.74) is 1.79. The SMILES string of the molecule is Cc1cc(-c2nc(CNC(C)C)co2)co1. The minimum Gasteiger partial charge on any atom is -0.469 e. The Morgan fingerprint density at radius 1 is 1.31 bits per heavy atom. The van der Waals surface area contributed by atoms with Crippen LogP contribution in [0.3, 0.4) is 0 Å². The van der Waals surface area contributed by atoms with Crippen LogP contribution in [-0.2, 0) is 6.54 Å². The van der Waals surface area contributed by atoms with Crippen LogP contribution >= 0.6 is 0 Å². The van der Waals surface area contributed by atoms with E-state index >= 15 is 0 Å². The molecule has 0 radical (unpaired) electrons. The molecule has 0 unspecified atom stereocenters. The Labute approximate surface area is 94.7 Å². The minimum atomic E-state index is 0.441. The van der Waals surface area contributed by atoms with E-state index in [1.165, 1.54) is 0 Å². The van der Waals surface area contributed by atoms with Crippen LogP contribution in [0.25, 0.3) is 11.5 Å². The average molecular weight is 220 g/mol. The fourth-order valence-electron chi connectivity index (χ4n) is 1.39. The van der Waals surface area contributed by atoms with Crippen molar-refractivity contribution >= 4 is 0 Å². The fourth-order valence-corrected chi connectivity index (χ4v) is 1.39. The molecule has 0 aliphatic heterocycles. The highest BCUT2D eigenvalue weighted by atomic mass is 16.3. The number of oxazole rings is 1. The Kier molecular flexibility index (Phi) is 3.10. The number of hydrogen-bond acceptors (Lipinski definition) is 4. The van der Waals surface area contributed by atoms with Crippen LogP contribution < -0.4 is 5.32 Å². The molecule has 4 nitrogen and oxygen atoms in total. The minimum absolute atomic E-state index is 0.441. The predicted octanol–water partition coefficient (Wildman–Crippen LogP) is 2.74. The van der Waals surface area contributed by atoms with Gasteiger partial charge in [0.2, 0.25) is 5.89 Å². The quantitative estimate of drug-likeness (QED) is 0.860. The van der Waals surface area contributed by atoms with Gasteiger partial charge in [0.15, 0.2) is 0 Å². The summed E-state index contributed by atoms with van der Waals surface area (Å²) in [6.45, 7) is 6.81. The monoisotopic (exact) mass is 220 g/mol. The first-order chi connectivity index (χ1) is 7.65. The lowest BCUT2D eigenvalue weighted by Gasteiger charge is -2.03. The van der Waals surface area contributed by atoms with Crippen LogP contribution in [0.4, 0.5) is 0 Å². The fraction of sp³-hybridized carbons (Fsp3) is 0.417. The van der Waals surface area contributed by atoms with Gasteiger partial charge in [0.05, 0.1) is 11.3 Å². The molecule has 0 saturated carbocycles. The molecule has 16 heavy (non-hydrogen) atoms. The summed E-state index contributed by atoms with van der Waals surface area (Å²) in [4.78, 5) is 4.38. The number of nitrogens with one attached hydrogen (secondary N) is 1. The van der Waals surface area contributed by atoms with Crippen molar-refractivity contribution in [2.24, 2.45) is 0 Å². The van der Waals surface area contributed by atoms with E-state index in [0.29, 0.717) is 11.9 Å². The van der Waals surface area contributed by atoms with Crippen LogP contribution in [0.2, 0.25) is 0 Å². The van der Waals surface area contributed by atoms with Crippen molar-refractivity contribution in [2.45, 2.75) is 33.4 Å². The summed E-state index contributed by atoms with van der Waals surface area (Å²) in [6, 6.07) is 2.35. The van der Waals surface area contributed by atoms with E-state index in [2.05, 4.69) is 24.1 Å². The summed E-state index contributed by atoms with van der Waals surface area (Å²) in [6.07, 6.45) is 3.33.